The summed E-state index contributed by atoms with van der Waals surface area (Å²) in [5, 5.41) is 8.64. The first-order chi connectivity index (χ1) is 8.24. The molecule has 2 aromatic rings. The molecule has 0 saturated carbocycles. The molecule has 1 aliphatic carbocycles. The minimum absolute atomic E-state index is 0.0956. The van der Waals surface area contributed by atoms with Crippen molar-refractivity contribution in [1.82, 2.24) is 15.2 Å². The standard InChI is InChI=1S/C11H12N4OS/c12-11-15-14-10(17-11)7-5-6-3-1-2-4-8(6)13-9(7)16/h5H,1-4H2,(H2,12,15)(H,13,16). The molecule has 0 radical (unpaired) electrons. The Morgan fingerprint density at radius 3 is 2.88 bits per heavy atom. The molecule has 0 spiro atoms. The molecule has 6 heteroatoms. The average Bonchev–Trinajstić information content (AvgIpc) is 2.75. The van der Waals surface area contributed by atoms with Crippen molar-refractivity contribution < 1.29 is 0 Å². The van der Waals surface area contributed by atoms with Gasteiger partial charge in [-0.3, -0.25) is 4.79 Å². The number of rotatable bonds is 1. The Hall–Kier alpha value is -1.69. The predicted octanol–water partition coefficient (Wildman–Crippen LogP) is 1.35. The molecule has 0 fully saturated rings. The second-order valence-electron chi connectivity index (χ2n) is 4.17. The summed E-state index contributed by atoms with van der Waals surface area (Å²) in [6.07, 6.45) is 4.31. The van der Waals surface area contributed by atoms with E-state index < -0.39 is 0 Å². The van der Waals surface area contributed by atoms with Crippen molar-refractivity contribution in [2.75, 3.05) is 5.73 Å². The van der Waals surface area contributed by atoms with Gasteiger partial charge in [-0.1, -0.05) is 11.3 Å². The molecular formula is C11H12N4OS. The Kier molecular flexibility index (Phi) is 2.44. The molecule has 2 heterocycles. The number of pyridine rings is 1. The van der Waals surface area contributed by atoms with Crippen LogP contribution in [0.1, 0.15) is 24.1 Å². The van der Waals surface area contributed by atoms with Crippen molar-refractivity contribution >= 4 is 16.5 Å². The van der Waals surface area contributed by atoms with Crippen LogP contribution in [0.2, 0.25) is 0 Å². The molecule has 5 nitrogen and oxygen atoms in total. The highest BCUT2D eigenvalue weighted by atomic mass is 32.1. The van der Waals surface area contributed by atoms with Gasteiger partial charge in [-0.05, 0) is 37.3 Å². The summed E-state index contributed by atoms with van der Waals surface area (Å²) in [7, 11) is 0. The third-order valence-electron chi connectivity index (χ3n) is 3.01. The number of nitrogens with two attached hydrogens (primary N) is 1. The van der Waals surface area contributed by atoms with Crippen LogP contribution in [0.3, 0.4) is 0 Å². The molecule has 0 atom stereocenters. The van der Waals surface area contributed by atoms with E-state index in [1.807, 2.05) is 6.07 Å². The number of hydrogen-bond donors (Lipinski definition) is 2. The summed E-state index contributed by atoms with van der Waals surface area (Å²) < 4.78 is 0. The van der Waals surface area contributed by atoms with Gasteiger partial charge < -0.3 is 10.7 Å². The maximum atomic E-state index is 11.9. The van der Waals surface area contributed by atoms with E-state index in [9.17, 15) is 4.79 Å². The molecule has 3 rings (SSSR count). The fourth-order valence-corrected chi connectivity index (χ4v) is 2.80. The number of nitrogens with one attached hydrogen (secondary N) is 1. The summed E-state index contributed by atoms with van der Waals surface area (Å²) >= 11 is 1.24. The van der Waals surface area contributed by atoms with Crippen LogP contribution < -0.4 is 11.3 Å². The zero-order valence-corrected chi connectivity index (χ0v) is 10.0. The number of H-pyrrole nitrogens is 1. The average molecular weight is 248 g/mol. The maximum Gasteiger partial charge on any atom is 0.258 e. The Morgan fingerprint density at radius 2 is 2.12 bits per heavy atom. The van der Waals surface area contributed by atoms with Gasteiger partial charge in [0, 0.05) is 5.69 Å². The summed E-state index contributed by atoms with van der Waals surface area (Å²) in [6.45, 7) is 0. The van der Waals surface area contributed by atoms with Crippen molar-refractivity contribution in [2.24, 2.45) is 0 Å². The third kappa shape index (κ3) is 1.84. The van der Waals surface area contributed by atoms with E-state index in [1.165, 1.54) is 23.3 Å². The lowest BCUT2D eigenvalue weighted by atomic mass is 9.95. The predicted molar refractivity (Wildman–Crippen MR) is 67.0 cm³/mol. The Labute approximate surface area is 102 Å². The molecule has 0 aliphatic heterocycles. The molecular weight excluding hydrogens is 236 g/mol. The maximum absolute atomic E-state index is 11.9. The highest BCUT2D eigenvalue weighted by molar-refractivity contribution is 7.18. The van der Waals surface area contributed by atoms with Crippen molar-refractivity contribution in [3.05, 3.63) is 27.7 Å². The molecule has 0 aromatic carbocycles. The highest BCUT2D eigenvalue weighted by Gasteiger charge is 2.15. The molecule has 0 bridgehead atoms. The molecule has 0 unspecified atom stereocenters. The minimum Gasteiger partial charge on any atom is -0.374 e. The second-order valence-corrected chi connectivity index (χ2v) is 5.18. The second kappa shape index (κ2) is 3.96. The van der Waals surface area contributed by atoms with Gasteiger partial charge in [-0.15, -0.1) is 10.2 Å². The molecule has 88 valence electrons. The number of nitrogens with zero attached hydrogens (tertiary/aromatic N) is 2. The fourth-order valence-electron chi connectivity index (χ4n) is 2.18. The van der Waals surface area contributed by atoms with Gasteiger partial charge in [0.25, 0.3) is 5.56 Å². The first-order valence-electron chi connectivity index (χ1n) is 5.58. The van der Waals surface area contributed by atoms with Crippen LogP contribution in [0.5, 0.6) is 0 Å². The first-order valence-corrected chi connectivity index (χ1v) is 6.40. The minimum atomic E-state index is -0.0956. The SMILES string of the molecule is Nc1nnc(-c2cc3c([nH]c2=O)CCCC3)s1. The molecule has 3 N–H and O–H groups in total. The summed E-state index contributed by atoms with van der Waals surface area (Å²) in [4.78, 5) is 14.9. The topological polar surface area (TPSA) is 84.7 Å². The van der Waals surface area contributed by atoms with Crippen LogP contribution in [-0.2, 0) is 12.8 Å². The highest BCUT2D eigenvalue weighted by Crippen LogP contribution is 2.25. The number of nitrogen functional groups attached to an aromatic ring is 1. The lowest BCUT2D eigenvalue weighted by Crippen LogP contribution is -2.16. The quantitative estimate of drug-likeness (QED) is 0.798. The van der Waals surface area contributed by atoms with Gasteiger partial charge >= 0.3 is 0 Å². The Morgan fingerprint density at radius 1 is 1.29 bits per heavy atom. The van der Waals surface area contributed by atoms with Crippen LogP contribution in [0.15, 0.2) is 10.9 Å². The number of aromatic nitrogens is 3. The van der Waals surface area contributed by atoms with Crippen LogP contribution >= 0.6 is 11.3 Å². The normalized spacial score (nSPS) is 14.6. The monoisotopic (exact) mass is 248 g/mol. The molecule has 0 saturated heterocycles. The van der Waals surface area contributed by atoms with E-state index in [2.05, 4.69) is 15.2 Å². The fraction of sp³-hybridized carbons (Fsp3) is 0.364. The Balaban J connectivity index is 2.14. The van der Waals surface area contributed by atoms with Crippen LogP contribution in [0, 0.1) is 0 Å². The van der Waals surface area contributed by atoms with Crippen molar-refractivity contribution in [1.29, 1.82) is 0 Å². The van der Waals surface area contributed by atoms with E-state index in [1.54, 1.807) is 0 Å². The summed E-state index contributed by atoms with van der Waals surface area (Å²) in [6, 6.07) is 1.94. The number of aromatic amines is 1. The lowest BCUT2D eigenvalue weighted by Gasteiger charge is -2.15. The van der Waals surface area contributed by atoms with Gasteiger partial charge in [0.2, 0.25) is 5.13 Å². The van der Waals surface area contributed by atoms with Crippen molar-refractivity contribution in [3.63, 3.8) is 0 Å². The lowest BCUT2D eigenvalue weighted by molar-refractivity contribution is 0.665. The summed E-state index contributed by atoms with van der Waals surface area (Å²) in [5.41, 5.74) is 8.32. The van der Waals surface area contributed by atoms with Crippen LogP contribution in [0.4, 0.5) is 5.13 Å². The Bertz CT molecular complexity index is 616. The van der Waals surface area contributed by atoms with E-state index >= 15 is 0 Å². The van der Waals surface area contributed by atoms with Gasteiger partial charge in [0.15, 0.2) is 5.01 Å². The van der Waals surface area contributed by atoms with Crippen molar-refractivity contribution in [3.8, 4) is 10.6 Å². The molecule has 1 aliphatic rings. The van der Waals surface area contributed by atoms with Gasteiger partial charge in [0.05, 0.1) is 5.56 Å². The largest absolute Gasteiger partial charge is 0.374 e. The first kappa shape index (κ1) is 10.5. The third-order valence-corrected chi connectivity index (χ3v) is 3.79. The van der Waals surface area contributed by atoms with Crippen LogP contribution in [0.25, 0.3) is 10.6 Å². The molecule has 2 aromatic heterocycles. The number of aryl methyl sites for hydroxylation is 2. The van der Waals surface area contributed by atoms with Gasteiger partial charge in [-0.2, -0.15) is 0 Å². The van der Waals surface area contributed by atoms with Gasteiger partial charge in [0.1, 0.15) is 0 Å². The number of anilines is 1. The summed E-state index contributed by atoms with van der Waals surface area (Å²) in [5.74, 6) is 0. The van der Waals surface area contributed by atoms with E-state index in [4.69, 9.17) is 5.73 Å². The smallest absolute Gasteiger partial charge is 0.258 e. The zero-order chi connectivity index (χ0) is 11.8. The van der Waals surface area contributed by atoms with E-state index in [0.717, 1.165) is 25.0 Å². The zero-order valence-electron chi connectivity index (χ0n) is 9.19. The van der Waals surface area contributed by atoms with Crippen molar-refractivity contribution in [2.45, 2.75) is 25.7 Å². The van der Waals surface area contributed by atoms with E-state index in [-0.39, 0.29) is 5.56 Å². The van der Waals surface area contributed by atoms with Gasteiger partial charge in [-0.25, -0.2) is 0 Å². The van der Waals surface area contributed by atoms with E-state index in [0.29, 0.717) is 15.7 Å². The molecule has 0 amide bonds. The van der Waals surface area contributed by atoms with Crippen LogP contribution in [-0.4, -0.2) is 15.2 Å². The molecule has 17 heavy (non-hydrogen) atoms. The number of fused-ring (bicyclic) bond motifs is 1. The number of hydrogen-bond acceptors (Lipinski definition) is 5.